The van der Waals surface area contributed by atoms with Gasteiger partial charge in [0.15, 0.2) is 0 Å². The summed E-state index contributed by atoms with van der Waals surface area (Å²) in [7, 11) is 3.88. The highest BCUT2D eigenvalue weighted by atomic mass is 16.5. The summed E-state index contributed by atoms with van der Waals surface area (Å²) >= 11 is 0. The molecule has 0 atom stereocenters. The molecule has 2 aromatic carbocycles. The van der Waals surface area contributed by atoms with E-state index in [9.17, 15) is 0 Å². The van der Waals surface area contributed by atoms with Crippen LogP contribution >= 0.6 is 0 Å². The van der Waals surface area contributed by atoms with Crippen molar-refractivity contribution in [2.75, 3.05) is 68.2 Å². The van der Waals surface area contributed by atoms with E-state index in [1.807, 2.05) is 13.8 Å². The molecule has 3 aromatic rings. The first-order valence-corrected chi connectivity index (χ1v) is 14.7. The number of anilines is 3. The van der Waals surface area contributed by atoms with E-state index in [2.05, 4.69) is 71.1 Å². The summed E-state index contributed by atoms with van der Waals surface area (Å²) < 4.78 is 5.30. The topological polar surface area (TPSA) is 44.7 Å². The van der Waals surface area contributed by atoms with Crippen molar-refractivity contribution in [3.8, 4) is 0 Å². The average Bonchev–Trinajstić information content (AvgIpc) is 3.70. The number of nitrogens with zero attached hydrogens (tertiary/aromatic N) is 5. The molecule has 1 aromatic heterocycles. The van der Waals surface area contributed by atoms with E-state index < -0.39 is 0 Å². The third-order valence-electron chi connectivity index (χ3n) is 8.64. The Morgan fingerprint density at radius 1 is 0.974 bits per heavy atom. The number of aromatic nitrogens is 2. The van der Waals surface area contributed by atoms with Crippen molar-refractivity contribution < 1.29 is 4.74 Å². The van der Waals surface area contributed by atoms with Gasteiger partial charge in [0.05, 0.1) is 12.1 Å². The number of hydrogen-bond acceptors (Lipinski definition) is 6. The summed E-state index contributed by atoms with van der Waals surface area (Å²) in [6.07, 6.45) is 6.01. The Labute approximate surface area is 229 Å². The molecule has 1 aliphatic carbocycles. The molecular formula is C32H45N5O. The lowest BCUT2D eigenvalue weighted by Gasteiger charge is -2.39. The molecule has 3 heterocycles. The molecule has 0 spiro atoms. The van der Waals surface area contributed by atoms with Crippen LogP contribution < -0.4 is 14.7 Å². The SMILES string of the molecule is CC.COCCN(C)c1ccc2nc(C3(C)CC3)nc(N3CCC(c4ccccc4N4CCC4)CC3)c2c1. The van der Waals surface area contributed by atoms with Crippen LogP contribution in [-0.4, -0.2) is 63.5 Å². The van der Waals surface area contributed by atoms with Gasteiger partial charge in [-0.05, 0) is 67.9 Å². The lowest BCUT2D eigenvalue weighted by atomic mass is 9.87. The molecule has 1 saturated carbocycles. The first-order valence-electron chi connectivity index (χ1n) is 14.7. The fourth-order valence-electron chi connectivity index (χ4n) is 5.70. The maximum atomic E-state index is 5.30. The Bertz CT molecular complexity index is 1230. The van der Waals surface area contributed by atoms with Crippen molar-refractivity contribution in [1.29, 1.82) is 0 Å². The Morgan fingerprint density at radius 2 is 1.71 bits per heavy atom. The highest BCUT2D eigenvalue weighted by Gasteiger charge is 2.43. The zero-order chi connectivity index (χ0) is 26.7. The summed E-state index contributed by atoms with van der Waals surface area (Å²) in [5.74, 6) is 2.76. The number of fused-ring (bicyclic) bond motifs is 1. The zero-order valence-corrected chi connectivity index (χ0v) is 24.0. The van der Waals surface area contributed by atoms with Gasteiger partial charge in [-0.15, -0.1) is 0 Å². The number of para-hydroxylation sites is 1. The van der Waals surface area contributed by atoms with Crippen LogP contribution in [0.4, 0.5) is 17.2 Å². The number of piperidine rings is 1. The van der Waals surface area contributed by atoms with E-state index >= 15 is 0 Å². The predicted octanol–water partition coefficient (Wildman–Crippen LogP) is 6.38. The minimum absolute atomic E-state index is 0.144. The van der Waals surface area contributed by atoms with Crippen LogP contribution in [-0.2, 0) is 10.2 Å². The second kappa shape index (κ2) is 11.5. The number of likely N-dealkylation sites (N-methyl/N-ethyl adjacent to an activating group) is 1. The first-order chi connectivity index (χ1) is 18.6. The summed E-state index contributed by atoms with van der Waals surface area (Å²) in [6.45, 7) is 12.3. The molecule has 0 amide bonds. The molecule has 2 saturated heterocycles. The third-order valence-corrected chi connectivity index (χ3v) is 8.64. The van der Waals surface area contributed by atoms with Crippen LogP contribution in [0.3, 0.4) is 0 Å². The second-order valence-corrected chi connectivity index (χ2v) is 11.2. The van der Waals surface area contributed by atoms with Gasteiger partial charge in [-0.25, -0.2) is 9.97 Å². The Morgan fingerprint density at radius 3 is 2.37 bits per heavy atom. The lowest BCUT2D eigenvalue weighted by Crippen LogP contribution is -2.39. The summed E-state index contributed by atoms with van der Waals surface area (Å²) in [5, 5.41) is 1.17. The molecule has 3 fully saturated rings. The molecule has 2 aliphatic heterocycles. The quantitative estimate of drug-likeness (QED) is 0.347. The third kappa shape index (κ3) is 5.33. The zero-order valence-electron chi connectivity index (χ0n) is 24.0. The maximum absolute atomic E-state index is 5.30. The van der Waals surface area contributed by atoms with E-state index in [4.69, 9.17) is 14.7 Å². The molecule has 3 aliphatic rings. The van der Waals surface area contributed by atoms with Crippen LogP contribution in [0.1, 0.15) is 70.2 Å². The van der Waals surface area contributed by atoms with Crippen LogP contribution in [0.15, 0.2) is 42.5 Å². The van der Waals surface area contributed by atoms with E-state index in [1.54, 1.807) is 7.11 Å². The molecule has 6 rings (SSSR count). The lowest BCUT2D eigenvalue weighted by molar-refractivity contribution is 0.206. The van der Waals surface area contributed by atoms with Gasteiger partial charge in [0.1, 0.15) is 11.6 Å². The van der Waals surface area contributed by atoms with E-state index in [-0.39, 0.29) is 5.41 Å². The second-order valence-electron chi connectivity index (χ2n) is 11.2. The number of hydrogen-bond donors (Lipinski definition) is 0. The fraction of sp³-hybridized carbons (Fsp3) is 0.562. The largest absolute Gasteiger partial charge is 0.383 e. The molecule has 0 radical (unpaired) electrons. The molecule has 0 bridgehead atoms. The number of benzene rings is 2. The van der Waals surface area contributed by atoms with Gasteiger partial charge < -0.3 is 19.4 Å². The molecule has 0 unspecified atom stereocenters. The van der Waals surface area contributed by atoms with Crippen molar-refractivity contribution in [3.63, 3.8) is 0 Å². The highest BCUT2D eigenvalue weighted by Crippen LogP contribution is 2.47. The fourth-order valence-corrected chi connectivity index (χ4v) is 5.70. The summed E-state index contributed by atoms with van der Waals surface area (Å²) in [5.41, 5.74) is 5.40. The number of rotatable bonds is 8. The Kier molecular flexibility index (Phi) is 8.08. The van der Waals surface area contributed by atoms with Crippen molar-refractivity contribution in [1.82, 2.24) is 9.97 Å². The van der Waals surface area contributed by atoms with Crippen molar-refractivity contribution in [2.45, 2.75) is 64.2 Å². The molecule has 38 heavy (non-hydrogen) atoms. The average molecular weight is 516 g/mol. The van der Waals surface area contributed by atoms with Crippen LogP contribution in [0.2, 0.25) is 0 Å². The summed E-state index contributed by atoms with van der Waals surface area (Å²) in [4.78, 5) is 17.6. The van der Waals surface area contributed by atoms with Crippen molar-refractivity contribution in [2.24, 2.45) is 0 Å². The van der Waals surface area contributed by atoms with Crippen LogP contribution in [0.25, 0.3) is 10.9 Å². The van der Waals surface area contributed by atoms with E-state index in [0.717, 1.165) is 49.6 Å². The van der Waals surface area contributed by atoms with Crippen LogP contribution in [0, 0.1) is 0 Å². The van der Waals surface area contributed by atoms with Gasteiger partial charge in [0.25, 0.3) is 0 Å². The summed E-state index contributed by atoms with van der Waals surface area (Å²) in [6, 6.07) is 15.8. The van der Waals surface area contributed by atoms with Crippen molar-refractivity contribution in [3.05, 3.63) is 53.9 Å². The van der Waals surface area contributed by atoms with Crippen LogP contribution in [0.5, 0.6) is 0 Å². The van der Waals surface area contributed by atoms with Gasteiger partial charge in [0.2, 0.25) is 0 Å². The standard InChI is InChI=1S/C30H39N5O.C2H6/c1-30(13-14-30)29-31-26-10-9-23(33(2)19-20-36-3)21-25(26)28(32-29)35-17-11-22(12-18-35)24-7-4-5-8-27(24)34-15-6-16-34;1-2/h4-5,7-10,21-22H,6,11-20H2,1-3H3;1-2H3. The predicted molar refractivity (Wildman–Crippen MR) is 160 cm³/mol. The van der Waals surface area contributed by atoms with Gasteiger partial charge in [-0.2, -0.15) is 0 Å². The van der Waals surface area contributed by atoms with Gasteiger partial charge in [-0.1, -0.05) is 39.0 Å². The minimum Gasteiger partial charge on any atom is -0.383 e. The van der Waals surface area contributed by atoms with Gasteiger partial charge in [-0.3, -0.25) is 0 Å². The Balaban J connectivity index is 0.00000144. The smallest absolute Gasteiger partial charge is 0.140 e. The van der Waals surface area contributed by atoms with E-state index in [0.29, 0.717) is 12.5 Å². The minimum atomic E-state index is 0.144. The highest BCUT2D eigenvalue weighted by molar-refractivity contribution is 5.92. The molecular weight excluding hydrogens is 470 g/mol. The van der Waals surface area contributed by atoms with Gasteiger partial charge in [0, 0.05) is 69.1 Å². The molecule has 204 valence electrons. The molecule has 0 N–H and O–H groups in total. The van der Waals surface area contributed by atoms with E-state index in [1.165, 1.54) is 54.7 Å². The Hall–Kier alpha value is -2.86. The maximum Gasteiger partial charge on any atom is 0.140 e. The molecule has 6 heteroatoms. The van der Waals surface area contributed by atoms with Gasteiger partial charge >= 0.3 is 0 Å². The number of ether oxygens (including phenoxy) is 1. The first kappa shape index (κ1) is 26.7. The monoisotopic (exact) mass is 515 g/mol. The normalized spacial score (nSPS) is 18.6. The van der Waals surface area contributed by atoms with Crippen molar-refractivity contribution >= 4 is 28.1 Å². The molecule has 6 nitrogen and oxygen atoms in total. The number of methoxy groups -OCH3 is 1.